The lowest BCUT2D eigenvalue weighted by atomic mass is 9.91. The lowest BCUT2D eigenvalue weighted by molar-refractivity contribution is 0.100. The maximum Gasteiger partial charge on any atom is 0.248 e. The van der Waals surface area contributed by atoms with E-state index in [0.29, 0.717) is 5.56 Å². The van der Waals surface area contributed by atoms with E-state index in [2.05, 4.69) is 37.0 Å². The van der Waals surface area contributed by atoms with E-state index < -0.39 is 5.91 Å². The van der Waals surface area contributed by atoms with Crippen molar-refractivity contribution in [3.63, 3.8) is 0 Å². The van der Waals surface area contributed by atoms with Gasteiger partial charge in [-0.2, -0.15) is 0 Å². The third kappa shape index (κ3) is 3.81. The predicted octanol–water partition coefficient (Wildman–Crippen LogP) is 3.59. The zero-order valence-corrected chi connectivity index (χ0v) is 14.9. The van der Waals surface area contributed by atoms with E-state index in [4.69, 9.17) is 5.73 Å². The van der Waals surface area contributed by atoms with Gasteiger partial charge >= 0.3 is 0 Å². The van der Waals surface area contributed by atoms with Crippen LogP contribution in [-0.2, 0) is 0 Å². The zero-order valence-electron chi connectivity index (χ0n) is 14.9. The molecule has 0 radical (unpaired) electrons. The molecule has 0 aliphatic carbocycles. The monoisotopic (exact) mass is 346 g/mol. The molecule has 3 N–H and O–H groups in total. The number of aryl methyl sites for hydroxylation is 2. The first-order valence-electron chi connectivity index (χ1n) is 8.53. The molecule has 4 nitrogen and oxygen atoms in total. The highest BCUT2D eigenvalue weighted by atomic mass is 16.3. The molecule has 1 atom stereocenters. The van der Waals surface area contributed by atoms with Gasteiger partial charge in [-0.3, -0.25) is 9.78 Å². The molecule has 0 aliphatic heterocycles. The predicted molar refractivity (Wildman–Crippen MR) is 103 cm³/mol. The molecule has 4 heteroatoms. The SMILES string of the molecule is Cc1cc(C)cc(C(CO)c2cc(-c3ccc(C(N)=O)cc3)ccn2)c1. The Labute approximate surface area is 153 Å². The Morgan fingerprint density at radius 2 is 1.65 bits per heavy atom. The van der Waals surface area contributed by atoms with Crippen molar-refractivity contribution in [3.8, 4) is 11.1 Å². The van der Waals surface area contributed by atoms with E-state index in [9.17, 15) is 9.90 Å². The van der Waals surface area contributed by atoms with E-state index in [0.717, 1.165) is 33.5 Å². The zero-order chi connectivity index (χ0) is 18.7. The normalized spacial score (nSPS) is 12.0. The number of aliphatic hydroxyl groups excluding tert-OH is 1. The van der Waals surface area contributed by atoms with Crippen molar-refractivity contribution in [2.24, 2.45) is 5.73 Å². The molecule has 0 saturated heterocycles. The van der Waals surface area contributed by atoms with Gasteiger partial charge in [-0.15, -0.1) is 0 Å². The van der Waals surface area contributed by atoms with E-state index in [-0.39, 0.29) is 12.5 Å². The summed E-state index contributed by atoms with van der Waals surface area (Å²) in [6, 6.07) is 17.3. The quantitative estimate of drug-likeness (QED) is 0.741. The van der Waals surface area contributed by atoms with Crippen molar-refractivity contribution in [3.05, 3.63) is 88.7 Å². The summed E-state index contributed by atoms with van der Waals surface area (Å²) in [5.74, 6) is -0.624. The van der Waals surface area contributed by atoms with Crippen LogP contribution in [0, 0.1) is 13.8 Å². The molecule has 26 heavy (non-hydrogen) atoms. The maximum absolute atomic E-state index is 11.2. The Kier molecular flexibility index (Phi) is 5.14. The van der Waals surface area contributed by atoms with Crippen molar-refractivity contribution in [2.75, 3.05) is 6.61 Å². The van der Waals surface area contributed by atoms with E-state index in [1.165, 1.54) is 0 Å². The Morgan fingerprint density at radius 1 is 1.00 bits per heavy atom. The minimum absolute atomic E-state index is 0.0139. The second-order valence-corrected chi connectivity index (χ2v) is 6.57. The Bertz CT molecular complexity index is 913. The number of rotatable bonds is 5. The highest BCUT2D eigenvalue weighted by Gasteiger charge is 2.16. The van der Waals surface area contributed by atoms with Crippen LogP contribution in [0.25, 0.3) is 11.1 Å². The first kappa shape index (κ1) is 17.8. The number of carbonyl (C=O) groups excluding carboxylic acids is 1. The summed E-state index contributed by atoms with van der Waals surface area (Å²) in [5, 5.41) is 9.98. The third-order valence-electron chi connectivity index (χ3n) is 4.47. The molecule has 1 heterocycles. The van der Waals surface area contributed by atoms with Crippen LogP contribution in [0.1, 0.15) is 38.7 Å². The van der Waals surface area contributed by atoms with E-state index in [1.54, 1.807) is 18.3 Å². The molecule has 1 aromatic heterocycles. The molecular formula is C22H22N2O2. The van der Waals surface area contributed by atoms with Crippen molar-refractivity contribution in [2.45, 2.75) is 19.8 Å². The molecule has 0 aliphatic rings. The molecule has 0 spiro atoms. The van der Waals surface area contributed by atoms with Crippen molar-refractivity contribution < 1.29 is 9.90 Å². The van der Waals surface area contributed by atoms with Gasteiger partial charge < -0.3 is 10.8 Å². The van der Waals surface area contributed by atoms with Gasteiger partial charge in [-0.1, -0.05) is 41.5 Å². The number of primary amides is 1. The summed E-state index contributed by atoms with van der Waals surface area (Å²) in [5.41, 5.74) is 11.9. The van der Waals surface area contributed by atoms with Crippen LogP contribution in [0.5, 0.6) is 0 Å². The smallest absolute Gasteiger partial charge is 0.248 e. The molecule has 3 rings (SSSR count). The number of aromatic nitrogens is 1. The minimum atomic E-state index is -0.442. The Hall–Kier alpha value is -2.98. The third-order valence-corrected chi connectivity index (χ3v) is 4.47. The lowest BCUT2D eigenvalue weighted by Gasteiger charge is -2.17. The highest BCUT2D eigenvalue weighted by molar-refractivity contribution is 5.93. The number of hydrogen-bond acceptors (Lipinski definition) is 3. The van der Waals surface area contributed by atoms with E-state index in [1.807, 2.05) is 24.3 Å². The van der Waals surface area contributed by atoms with Gasteiger partial charge in [-0.05, 0) is 54.8 Å². The fraction of sp³-hybridized carbons (Fsp3) is 0.182. The lowest BCUT2D eigenvalue weighted by Crippen LogP contribution is -2.10. The summed E-state index contributed by atoms with van der Waals surface area (Å²) >= 11 is 0. The first-order valence-corrected chi connectivity index (χ1v) is 8.53. The number of nitrogens with two attached hydrogens (primary N) is 1. The molecule has 132 valence electrons. The van der Waals surface area contributed by atoms with Crippen molar-refractivity contribution in [1.82, 2.24) is 4.98 Å². The fourth-order valence-electron chi connectivity index (χ4n) is 3.23. The standard InChI is InChI=1S/C22H22N2O2/c1-14-9-15(2)11-19(10-14)20(13-25)21-12-18(7-8-24-21)16-3-5-17(6-4-16)22(23)26/h3-12,20,25H,13H2,1-2H3,(H2,23,26). The molecule has 3 aromatic rings. The Morgan fingerprint density at radius 3 is 2.23 bits per heavy atom. The van der Waals surface area contributed by atoms with Crippen LogP contribution < -0.4 is 5.73 Å². The average molecular weight is 346 g/mol. The number of pyridine rings is 1. The maximum atomic E-state index is 11.2. The number of carbonyl (C=O) groups is 1. The number of benzene rings is 2. The van der Waals surface area contributed by atoms with Crippen LogP contribution in [-0.4, -0.2) is 22.6 Å². The van der Waals surface area contributed by atoms with Gasteiger partial charge in [0.25, 0.3) is 0 Å². The number of nitrogens with zero attached hydrogens (tertiary/aromatic N) is 1. The van der Waals surface area contributed by atoms with Gasteiger partial charge in [0.15, 0.2) is 0 Å². The molecule has 2 aromatic carbocycles. The highest BCUT2D eigenvalue weighted by Crippen LogP contribution is 2.28. The van der Waals surface area contributed by atoms with E-state index >= 15 is 0 Å². The van der Waals surface area contributed by atoms with Crippen LogP contribution >= 0.6 is 0 Å². The second-order valence-electron chi connectivity index (χ2n) is 6.57. The topological polar surface area (TPSA) is 76.2 Å². The van der Waals surface area contributed by atoms with Gasteiger partial charge in [0.2, 0.25) is 5.91 Å². The molecule has 1 amide bonds. The summed E-state index contributed by atoms with van der Waals surface area (Å²) in [7, 11) is 0. The number of hydrogen-bond donors (Lipinski definition) is 2. The van der Waals surface area contributed by atoms with Crippen molar-refractivity contribution in [1.29, 1.82) is 0 Å². The summed E-state index contributed by atoms with van der Waals surface area (Å²) in [4.78, 5) is 15.7. The van der Waals surface area contributed by atoms with Gasteiger partial charge in [0, 0.05) is 17.7 Å². The summed E-state index contributed by atoms with van der Waals surface area (Å²) in [6.45, 7) is 4.09. The molecule has 0 bridgehead atoms. The summed E-state index contributed by atoms with van der Waals surface area (Å²) in [6.07, 6.45) is 1.75. The largest absolute Gasteiger partial charge is 0.395 e. The van der Waals surface area contributed by atoms with Gasteiger partial charge in [-0.25, -0.2) is 0 Å². The second kappa shape index (κ2) is 7.50. The van der Waals surface area contributed by atoms with Crippen molar-refractivity contribution >= 4 is 5.91 Å². The van der Waals surface area contributed by atoms with Crippen LogP contribution in [0.15, 0.2) is 60.8 Å². The van der Waals surface area contributed by atoms with Gasteiger partial charge in [0.05, 0.1) is 12.3 Å². The molecule has 0 saturated carbocycles. The molecular weight excluding hydrogens is 324 g/mol. The minimum Gasteiger partial charge on any atom is -0.395 e. The average Bonchev–Trinajstić information content (AvgIpc) is 2.62. The summed E-state index contributed by atoms with van der Waals surface area (Å²) < 4.78 is 0. The van der Waals surface area contributed by atoms with Crippen LogP contribution in [0.2, 0.25) is 0 Å². The number of amides is 1. The van der Waals surface area contributed by atoms with Gasteiger partial charge in [0.1, 0.15) is 0 Å². The Balaban J connectivity index is 1.98. The molecule has 1 unspecified atom stereocenters. The van der Waals surface area contributed by atoms with Crippen LogP contribution in [0.3, 0.4) is 0 Å². The van der Waals surface area contributed by atoms with Crippen LogP contribution in [0.4, 0.5) is 0 Å². The molecule has 0 fully saturated rings. The fourth-order valence-corrected chi connectivity index (χ4v) is 3.23. The number of aliphatic hydroxyl groups is 1. The first-order chi connectivity index (χ1) is 12.5.